The largest absolute Gasteiger partial charge is 0.311 e. The minimum Gasteiger partial charge on any atom is -0.311 e. The van der Waals surface area contributed by atoms with Gasteiger partial charge in [0.05, 0.1) is 5.75 Å². The SMILES string of the molecule is CCC1(CC)CN(C(=O)CCS(C)(=O)=O)c2ccccc21. The smallest absolute Gasteiger partial charge is 0.228 e. The molecule has 116 valence electrons. The van der Waals surface area contributed by atoms with Crippen molar-refractivity contribution in [3.05, 3.63) is 29.8 Å². The normalized spacial score (nSPS) is 16.8. The van der Waals surface area contributed by atoms with Crippen molar-refractivity contribution in [3.8, 4) is 0 Å². The first-order valence-corrected chi connectivity index (χ1v) is 9.46. The predicted molar refractivity (Wildman–Crippen MR) is 85.4 cm³/mol. The Morgan fingerprint density at radius 3 is 2.43 bits per heavy atom. The van der Waals surface area contributed by atoms with Crippen LogP contribution in [-0.4, -0.2) is 32.9 Å². The first-order valence-electron chi connectivity index (χ1n) is 7.40. The third-order valence-electron chi connectivity index (χ3n) is 4.57. The zero-order valence-corrected chi connectivity index (χ0v) is 13.7. The lowest BCUT2D eigenvalue weighted by molar-refractivity contribution is -0.118. The van der Waals surface area contributed by atoms with E-state index in [2.05, 4.69) is 19.9 Å². The molecule has 2 rings (SSSR count). The number of hydrogen-bond donors (Lipinski definition) is 0. The van der Waals surface area contributed by atoms with Crippen LogP contribution < -0.4 is 4.90 Å². The lowest BCUT2D eigenvalue weighted by atomic mass is 9.78. The van der Waals surface area contributed by atoms with Crippen molar-refractivity contribution in [2.24, 2.45) is 0 Å². The summed E-state index contributed by atoms with van der Waals surface area (Å²) in [6.45, 7) is 4.94. The van der Waals surface area contributed by atoms with Gasteiger partial charge in [0.15, 0.2) is 0 Å². The van der Waals surface area contributed by atoms with E-state index in [1.54, 1.807) is 4.90 Å². The van der Waals surface area contributed by atoms with E-state index in [9.17, 15) is 13.2 Å². The number of nitrogens with zero attached hydrogens (tertiary/aromatic N) is 1. The van der Waals surface area contributed by atoms with Gasteiger partial charge in [0.1, 0.15) is 9.84 Å². The highest BCUT2D eigenvalue weighted by Crippen LogP contribution is 2.45. The van der Waals surface area contributed by atoms with Gasteiger partial charge in [-0.05, 0) is 24.5 Å². The van der Waals surface area contributed by atoms with Crippen LogP contribution in [0, 0.1) is 0 Å². The molecule has 0 unspecified atom stereocenters. The molecule has 0 saturated heterocycles. The summed E-state index contributed by atoms with van der Waals surface area (Å²) < 4.78 is 22.5. The zero-order valence-electron chi connectivity index (χ0n) is 12.9. The van der Waals surface area contributed by atoms with Crippen LogP contribution in [0.1, 0.15) is 38.7 Å². The van der Waals surface area contributed by atoms with Crippen molar-refractivity contribution in [2.45, 2.75) is 38.5 Å². The Bertz CT molecular complexity index is 633. The standard InChI is InChI=1S/C16H23NO3S/c1-4-16(5-2)12-17(14-9-7-6-8-13(14)16)15(18)10-11-21(3,19)20/h6-9H,4-5,10-12H2,1-3H3. The minimum absolute atomic E-state index is 0.00264. The van der Waals surface area contributed by atoms with Crippen LogP contribution in [0.3, 0.4) is 0 Å². The molecule has 1 amide bonds. The molecule has 5 heteroatoms. The summed E-state index contributed by atoms with van der Waals surface area (Å²) in [6, 6.07) is 7.98. The molecule has 1 aromatic carbocycles. The highest BCUT2D eigenvalue weighted by molar-refractivity contribution is 7.90. The Hall–Kier alpha value is -1.36. The van der Waals surface area contributed by atoms with Crippen LogP contribution in [0.5, 0.6) is 0 Å². The van der Waals surface area contributed by atoms with E-state index in [0.717, 1.165) is 18.5 Å². The van der Waals surface area contributed by atoms with E-state index < -0.39 is 9.84 Å². The van der Waals surface area contributed by atoms with Crippen LogP contribution in [0.15, 0.2) is 24.3 Å². The Morgan fingerprint density at radius 1 is 1.24 bits per heavy atom. The van der Waals surface area contributed by atoms with Crippen LogP contribution in [-0.2, 0) is 20.0 Å². The van der Waals surface area contributed by atoms with E-state index in [1.165, 1.54) is 11.8 Å². The molecular formula is C16H23NO3S. The summed E-state index contributed by atoms with van der Waals surface area (Å²) in [5.74, 6) is -0.188. The van der Waals surface area contributed by atoms with Crippen LogP contribution in [0.25, 0.3) is 0 Å². The number of benzene rings is 1. The van der Waals surface area contributed by atoms with E-state index >= 15 is 0 Å². The molecule has 4 nitrogen and oxygen atoms in total. The number of carbonyl (C=O) groups excluding carboxylic acids is 1. The minimum atomic E-state index is -3.11. The molecule has 21 heavy (non-hydrogen) atoms. The maximum absolute atomic E-state index is 12.4. The fourth-order valence-corrected chi connectivity index (χ4v) is 3.66. The second-order valence-electron chi connectivity index (χ2n) is 5.86. The van der Waals surface area contributed by atoms with Gasteiger partial charge in [-0.15, -0.1) is 0 Å². The molecule has 1 aliphatic heterocycles. The van der Waals surface area contributed by atoms with Crippen molar-refractivity contribution in [3.63, 3.8) is 0 Å². The van der Waals surface area contributed by atoms with E-state index in [0.29, 0.717) is 6.54 Å². The summed E-state index contributed by atoms with van der Waals surface area (Å²) in [7, 11) is -3.11. The molecule has 0 radical (unpaired) electrons. The molecule has 1 heterocycles. The van der Waals surface area contributed by atoms with Gasteiger partial charge < -0.3 is 4.90 Å². The Kier molecular flexibility index (Phi) is 4.42. The maximum Gasteiger partial charge on any atom is 0.228 e. The van der Waals surface area contributed by atoms with Crippen molar-refractivity contribution in [2.75, 3.05) is 23.5 Å². The van der Waals surface area contributed by atoms with E-state index in [-0.39, 0.29) is 23.5 Å². The van der Waals surface area contributed by atoms with Gasteiger partial charge >= 0.3 is 0 Å². The number of anilines is 1. The second kappa shape index (κ2) is 5.79. The Labute approximate surface area is 127 Å². The van der Waals surface area contributed by atoms with Gasteiger partial charge in [0.2, 0.25) is 5.91 Å². The number of amides is 1. The topological polar surface area (TPSA) is 54.5 Å². The van der Waals surface area contributed by atoms with Crippen LogP contribution >= 0.6 is 0 Å². The number of sulfone groups is 1. The average molecular weight is 309 g/mol. The van der Waals surface area contributed by atoms with E-state index in [1.807, 2.05) is 18.2 Å². The van der Waals surface area contributed by atoms with Crippen LogP contribution in [0.4, 0.5) is 5.69 Å². The summed E-state index contributed by atoms with van der Waals surface area (Å²) >= 11 is 0. The number of para-hydroxylation sites is 1. The highest BCUT2D eigenvalue weighted by atomic mass is 32.2. The monoisotopic (exact) mass is 309 g/mol. The average Bonchev–Trinajstić information content (AvgIpc) is 2.79. The molecule has 0 spiro atoms. The Morgan fingerprint density at radius 2 is 1.86 bits per heavy atom. The predicted octanol–water partition coefficient (Wildman–Crippen LogP) is 2.53. The molecular weight excluding hydrogens is 286 g/mol. The van der Waals surface area contributed by atoms with Gasteiger partial charge in [-0.1, -0.05) is 32.0 Å². The molecule has 1 aromatic rings. The molecule has 0 aliphatic carbocycles. The van der Waals surface area contributed by atoms with Gasteiger partial charge in [0, 0.05) is 30.3 Å². The van der Waals surface area contributed by atoms with Crippen molar-refractivity contribution >= 4 is 21.4 Å². The summed E-state index contributed by atoms with van der Waals surface area (Å²) in [4.78, 5) is 14.2. The number of rotatable bonds is 5. The van der Waals surface area contributed by atoms with Gasteiger partial charge in [-0.25, -0.2) is 8.42 Å². The fraction of sp³-hybridized carbons (Fsp3) is 0.562. The summed E-state index contributed by atoms with van der Waals surface area (Å²) in [5.41, 5.74) is 2.15. The van der Waals surface area contributed by atoms with E-state index in [4.69, 9.17) is 0 Å². The van der Waals surface area contributed by atoms with Crippen molar-refractivity contribution < 1.29 is 13.2 Å². The summed E-state index contributed by atoms with van der Waals surface area (Å²) in [6.07, 6.45) is 3.16. The maximum atomic E-state index is 12.4. The quantitative estimate of drug-likeness (QED) is 0.840. The lowest BCUT2D eigenvalue weighted by Crippen LogP contribution is -2.37. The first kappa shape index (κ1) is 16.0. The first-order chi connectivity index (χ1) is 9.83. The number of fused-ring (bicyclic) bond motifs is 1. The summed E-state index contributed by atoms with van der Waals surface area (Å²) in [5, 5.41) is 0. The lowest BCUT2D eigenvalue weighted by Gasteiger charge is -2.27. The van der Waals surface area contributed by atoms with Gasteiger partial charge in [0.25, 0.3) is 0 Å². The molecule has 0 N–H and O–H groups in total. The van der Waals surface area contributed by atoms with Gasteiger partial charge in [-0.3, -0.25) is 4.79 Å². The number of hydrogen-bond acceptors (Lipinski definition) is 3. The molecule has 0 atom stereocenters. The van der Waals surface area contributed by atoms with Gasteiger partial charge in [-0.2, -0.15) is 0 Å². The van der Waals surface area contributed by atoms with Crippen LogP contribution in [0.2, 0.25) is 0 Å². The van der Waals surface area contributed by atoms with Crippen molar-refractivity contribution in [1.29, 1.82) is 0 Å². The molecule has 0 saturated carbocycles. The zero-order chi connectivity index (χ0) is 15.7. The molecule has 0 fully saturated rings. The third-order valence-corrected chi connectivity index (χ3v) is 5.51. The van der Waals surface area contributed by atoms with Crippen molar-refractivity contribution in [1.82, 2.24) is 0 Å². The fourth-order valence-electron chi connectivity index (χ4n) is 3.12. The highest BCUT2D eigenvalue weighted by Gasteiger charge is 2.41. The second-order valence-corrected chi connectivity index (χ2v) is 8.12. The molecule has 0 bridgehead atoms. The number of carbonyl (C=O) groups is 1. The molecule has 0 aromatic heterocycles. The molecule has 1 aliphatic rings. The third kappa shape index (κ3) is 3.12. The Balaban J connectivity index is 2.29.